The average molecular weight is 308 g/mol. The van der Waals surface area contributed by atoms with Gasteiger partial charge >= 0.3 is 5.63 Å². The van der Waals surface area contributed by atoms with Crippen LogP contribution in [0.4, 0.5) is 0 Å². The summed E-state index contributed by atoms with van der Waals surface area (Å²) in [5.41, 5.74) is 1.30. The lowest BCUT2D eigenvalue weighted by molar-refractivity contribution is 0.0720. The molecule has 1 heterocycles. The largest absolute Gasteiger partial charge is 0.504 e. The summed E-state index contributed by atoms with van der Waals surface area (Å²) in [6, 6.07) is 3.06. The van der Waals surface area contributed by atoms with E-state index in [2.05, 4.69) is 0 Å². The standard InChI is InChI=1S/C16H20O6/c1-10-11(4-5-21-7-6-19-2)16(18)22-14-9-13(17)15(20-3)8-12(10)14/h8-9,17H,4-7H2,1-3H3. The number of hydrogen-bond acceptors (Lipinski definition) is 6. The molecule has 0 aliphatic rings. The van der Waals surface area contributed by atoms with Gasteiger partial charge in [-0.3, -0.25) is 0 Å². The van der Waals surface area contributed by atoms with Gasteiger partial charge in [0.1, 0.15) is 5.58 Å². The summed E-state index contributed by atoms with van der Waals surface area (Å²) in [6.07, 6.45) is 0.455. The number of benzene rings is 1. The van der Waals surface area contributed by atoms with Crippen molar-refractivity contribution in [3.8, 4) is 11.5 Å². The molecule has 0 bridgehead atoms. The molecule has 0 aliphatic carbocycles. The summed E-state index contributed by atoms with van der Waals surface area (Å²) in [6.45, 7) is 3.26. The number of aromatic hydroxyl groups is 1. The van der Waals surface area contributed by atoms with Gasteiger partial charge in [0.15, 0.2) is 11.5 Å². The summed E-state index contributed by atoms with van der Waals surface area (Å²) in [5.74, 6) is 0.278. The summed E-state index contributed by atoms with van der Waals surface area (Å²) in [7, 11) is 3.08. The van der Waals surface area contributed by atoms with Crippen molar-refractivity contribution in [2.45, 2.75) is 13.3 Å². The number of phenolic OH excluding ortho intramolecular Hbond substituents is 1. The Balaban J connectivity index is 2.31. The number of fused-ring (bicyclic) bond motifs is 1. The second-order valence-electron chi connectivity index (χ2n) is 4.87. The Bertz CT molecular complexity index is 704. The Morgan fingerprint density at radius 3 is 2.64 bits per heavy atom. The van der Waals surface area contributed by atoms with Crippen LogP contribution in [0.3, 0.4) is 0 Å². The second-order valence-corrected chi connectivity index (χ2v) is 4.87. The van der Waals surface area contributed by atoms with E-state index in [9.17, 15) is 9.90 Å². The van der Waals surface area contributed by atoms with Crippen LogP contribution in [0.1, 0.15) is 11.1 Å². The second kappa shape index (κ2) is 7.29. The van der Waals surface area contributed by atoms with E-state index in [1.54, 1.807) is 13.2 Å². The number of aryl methyl sites for hydroxylation is 1. The molecule has 0 fully saturated rings. The van der Waals surface area contributed by atoms with Crippen LogP contribution in [-0.4, -0.2) is 39.1 Å². The molecule has 0 radical (unpaired) electrons. The van der Waals surface area contributed by atoms with Gasteiger partial charge < -0.3 is 23.7 Å². The fraction of sp³-hybridized carbons (Fsp3) is 0.438. The lowest BCUT2D eigenvalue weighted by Gasteiger charge is -2.10. The van der Waals surface area contributed by atoms with Gasteiger partial charge in [0, 0.05) is 30.5 Å². The molecule has 0 spiro atoms. The molecule has 0 amide bonds. The molecule has 0 saturated heterocycles. The Labute approximate surface area is 128 Å². The van der Waals surface area contributed by atoms with Crippen molar-refractivity contribution in [1.82, 2.24) is 0 Å². The monoisotopic (exact) mass is 308 g/mol. The van der Waals surface area contributed by atoms with Crippen molar-refractivity contribution in [2.24, 2.45) is 0 Å². The molecule has 6 heteroatoms. The topological polar surface area (TPSA) is 78.1 Å². The Morgan fingerprint density at radius 1 is 1.18 bits per heavy atom. The number of phenols is 1. The highest BCUT2D eigenvalue weighted by Gasteiger charge is 2.14. The Kier molecular flexibility index (Phi) is 5.41. The molecule has 2 aromatic rings. The van der Waals surface area contributed by atoms with Crippen LogP contribution in [-0.2, 0) is 15.9 Å². The molecule has 1 N–H and O–H groups in total. The van der Waals surface area contributed by atoms with Crippen molar-refractivity contribution in [3.63, 3.8) is 0 Å². The third-order valence-corrected chi connectivity index (χ3v) is 3.51. The zero-order valence-corrected chi connectivity index (χ0v) is 13.0. The van der Waals surface area contributed by atoms with Gasteiger partial charge in [-0.05, 0) is 18.6 Å². The fourth-order valence-corrected chi connectivity index (χ4v) is 2.28. The molecule has 0 unspecified atom stereocenters. The molecule has 6 nitrogen and oxygen atoms in total. The van der Waals surface area contributed by atoms with Crippen LogP contribution in [0.15, 0.2) is 21.3 Å². The molecule has 0 atom stereocenters. The highest BCUT2D eigenvalue weighted by molar-refractivity contribution is 5.84. The van der Waals surface area contributed by atoms with Crippen molar-refractivity contribution >= 4 is 11.0 Å². The summed E-state index contributed by atoms with van der Waals surface area (Å²) < 4.78 is 20.7. The normalized spacial score (nSPS) is 11.0. The van der Waals surface area contributed by atoms with Gasteiger partial charge in [-0.15, -0.1) is 0 Å². The van der Waals surface area contributed by atoms with Crippen LogP contribution < -0.4 is 10.4 Å². The molecule has 120 valence electrons. The first-order valence-electron chi connectivity index (χ1n) is 6.98. The van der Waals surface area contributed by atoms with Crippen molar-refractivity contribution in [1.29, 1.82) is 0 Å². The minimum Gasteiger partial charge on any atom is -0.504 e. The maximum absolute atomic E-state index is 12.1. The van der Waals surface area contributed by atoms with E-state index >= 15 is 0 Å². The van der Waals surface area contributed by atoms with Gasteiger partial charge in [-0.1, -0.05) is 0 Å². The third-order valence-electron chi connectivity index (χ3n) is 3.51. The highest BCUT2D eigenvalue weighted by Crippen LogP contribution is 2.32. The smallest absolute Gasteiger partial charge is 0.339 e. The quantitative estimate of drug-likeness (QED) is 0.623. The number of rotatable bonds is 7. The first-order valence-corrected chi connectivity index (χ1v) is 6.98. The van der Waals surface area contributed by atoms with Gasteiger partial charge in [0.25, 0.3) is 0 Å². The van der Waals surface area contributed by atoms with Crippen LogP contribution in [0, 0.1) is 6.92 Å². The molecule has 1 aromatic heterocycles. The minimum absolute atomic E-state index is 0.0619. The SMILES string of the molecule is COCCOCCc1c(C)c2cc(OC)c(O)cc2oc1=O. The van der Waals surface area contributed by atoms with Crippen molar-refractivity contribution in [2.75, 3.05) is 34.0 Å². The van der Waals surface area contributed by atoms with E-state index in [4.69, 9.17) is 18.6 Å². The van der Waals surface area contributed by atoms with Gasteiger partial charge in [0.2, 0.25) is 0 Å². The Morgan fingerprint density at radius 2 is 1.95 bits per heavy atom. The molecule has 22 heavy (non-hydrogen) atoms. The summed E-state index contributed by atoms with van der Waals surface area (Å²) in [4.78, 5) is 12.1. The zero-order valence-electron chi connectivity index (χ0n) is 13.0. The fourth-order valence-electron chi connectivity index (χ4n) is 2.28. The Hall–Kier alpha value is -2.05. The number of ether oxygens (including phenoxy) is 3. The van der Waals surface area contributed by atoms with E-state index in [1.807, 2.05) is 6.92 Å². The van der Waals surface area contributed by atoms with Crippen LogP contribution in [0.5, 0.6) is 11.5 Å². The molecule has 0 aliphatic heterocycles. The van der Waals surface area contributed by atoms with Crippen molar-refractivity contribution < 1.29 is 23.7 Å². The highest BCUT2D eigenvalue weighted by atomic mass is 16.5. The predicted molar refractivity (Wildman–Crippen MR) is 81.8 cm³/mol. The first kappa shape index (κ1) is 16.3. The lowest BCUT2D eigenvalue weighted by atomic mass is 10.0. The third kappa shape index (κ3) is 3.40. The maximum Gasteiger partial charge on any atom is 0.339 e. The van der Waals surface area contributed by atoms with Gasteiger partial charge in [0.05, 0.1) is 26.9 Å². The average Bonchev–Trinajstić information content (AvgIpc) is 2.49. The maximum atomic E-state index is 12.1. The van der Waals surface area contributed by atoms with E-state index in [0.29, 0.717) is 43.1 Å². The molecule has 0 saturated carbocycles. The van der Waals surface area contributed by atoms with Gasteiger partial charge in [-0.25, -0.2) is 4.79 Å². The van der Waals surface area contributed by atoms with Gasteiger partial charge in [-0.2, -0.15) is 0 Å². The summed E-state index contributed by atoms with van der Waals surface area (Å²) >= 11 is 0. The summed E-state index contributed by atoms with van der Waals surface area (Å²) in [5, 5.41) is 10.5. The first-order chi connectivity index (χ1) is 10.6. The number of hydrogen-bond donors (Lipinski definition) is 1. The lowest BCUT2D eigenvalue weighted by Crippen LogP contribution is -2.14. The molecular formula is C16H20O6. The van der Waals surface area contributed by atoms with E-state index in [-0.39, 0.29) is 5.75 Å². The zero-order chi connectivity index (χ0) is 16.1. The van der Waals surface area contributed by atoms with E-state index in [1.165, 1.54) is 13.2 Å². The molecule has 2 rings (SSSR count). The van der Waals surface area contributed by atoms with E-state index in [0.717, 1.165) is 10.9 Å². The van der Waals surface area contributed by atoms with E-state index < -0.39 is 5.63 Å². The van der Waals surface area contributed by atoms with Crippen molar-refractivity contribution in [3.05, 3.63) is 33.7 Å². The molecular weight excluding hydrogens is 288 g/mol. The van der Waals surface area contributed by atoms with Crippen LogP contribution >= 0.6 is 0 Å². The van der Waals surface area contributed by atoms with Crippen LogP contribution in [0.25, 0.3) is 11.0 Å². The van der Waals surface area contributed by atoms with Crippen LogP contribution in [0.2, 0.25) is 0 Å². The molecule has 1 aromatic carbocycles. The number of methoxy groups -OCH3 is 2. The minimum atomic E-state index is -0.412. The predicted octanol–water partition coefficient (Wildman–Crippen LogP) is 2.02.